The number of carbonyl (C=O) groups excluding carboxylic acids is 1. The number of amides is 1. The number of benzene rings is 1. The first kappa shape index (κ1) is 17.7. The van der Waals surface area contributed by atoms with E-state index in [4.69, 9.17) is 0 Å². The summed E-state index contributed by atoms with van der Waals surface area (Å²) >= 11 is 0. The molecule has 27 heavy (non-hydrogen) atoms. The molecule has 1 saturated carbocycles. The van der Waals surface area contributed by atoms with Crippen LogP contribution in [-0.4, -0.2) is 31.1 Å². The van der Waals surface area contributed by atoms with Crippen LogP contribution in [0.15, 0.2) is 29.1 Å². The lowest BCUT2D eigenvalue weighted by atomic mass is 9.95. The van der Waals surface area contributed by atoms with Crippen molar-refractivity contribution in [2.24, 2.45) is 0 Å². The van der Waals surface area contributed by atoms with E-state index in [0.717, 1.165) is 55.4 Å². The predicted molar refractivity (Wildman–Crippen MR) is 104 cm³/mol. The number of carbonyl (C=O) groups is 1. The molecule has 0 bridgehead atoms. The minimum Gasteiger partial charge on any atom is -0.352 e. The Labute approximate surface area is 157 Å². The molecule has 1 amide bonds. The fraction of sp³-hybridized carbons (Fsp3) is 0.500. The van der Waals surface area contributed by atoms with Gasteiger partial charge in [0.1, 0.15) is 12.4 Å². The SMILES string of the molecule is CCCc1nnc2c(=O)n(CC(=O)NC3CCCCC3)c3ccccc3n12. The Bertz CT molecular complexity index is 1030. The van der Waals surface area contributed by atoms with Gasteiger partial charge < -0.3 is 5.32 Å². The van der Waals surface area contributed by atoms with Gasteiger partial charge in [0.15, 0.2) is 0 Å². The fourth-order valence-electron chi connectivity index (χ4n) is 4.03. The molecule has 1 aliphatic carbocycles. The Morgan fingerprint density at radius 1 is 1.15 bits per heavy atom. The van der Waals surface area contributed by atoms with E-state index in [0.29, 0.717) is 0 Å². The van der Waals surface area contributed by atoms with Crippen molar-refractivity contribution in [1.82, 2.24) is 24.5 Å². The van der Waals surface area contributed by atoms with Crippen LogP contribution in [0.1, 0.15) is 51.3 Å². The standard InChI is InChI=1S/C20H25N5O2/c1-2-8-17-22-23-19-20(27)24(15-11-6-7-12-16(15)25(17)19)13-18(26)21-14-9-4-3-5-10-14/h6-7,11-12,14H,2-5,8-10,13H2,1H3,(H,21,26). The predicted octanol–water partition coefficient (Wildman–Crippen LogP) is 2.45. The van der Waals surface area contributed by atoms with Crippen LogP contribution in [-0.2, 0) is 17.8 Å². The summed E-state index contributed by atoms with van der Waals surface area (Å²) in [5, 5.41) is 11.4. The molecule has 0 spiro atoms. The van der Waals surface area contributed by atoms with Crippen LogP contribution >= 0.6 is 0 Å². The number of nitrogens with zero attached hydrogens (tertiary/aromatic N) is 4. The number of hydrogen-bond acceptors (Lipinski definition) is 4. The molecule has 1 aromatic carbocycles. The number of fused-ring (bicyclic) bond motifs is 3. The van der Waals surface area contributed by atoms with Gasteiger partial charge in [-0.15, -0.1) is 10.2 Å². The number of aromatic nitrogens is 4. The number of rotatable bonds is 5. The molecule has 1 N–H and O–H groups in total. The van der Waals surface area contributed by atoms with Gasteiger partial charge in [0.25, 0.3) is 5.56 Å². The average Bonchev–Trinajstić information content (AvgIpc) is 3.10. The Balaban J connectivity index is 1.74. The minimum atomic E-state index is -0.276. The summed E-state index contributed by atoms with van der Waals surface area (Å²) in [6, 6.07) is 7.85. The molecule has 2 heterocycles. The van der Waals surface area contributed by atoms with Crippen molar-refractivity contribution in [3.8, 4) is 0 Å². The maximum absolute atomic E-state index is 13.0. The molecular formula is C20H25N5O2. The lowest BCUT2D eigenvalue weighted by Gasteiger charge is -2.23. The zero-order valence-corrected chi connectivity index (χ0v) is 15.6. The Morgan fingerprint density at radius 2 is 1.89 bits per heavy atom. The van der Waals surface area contributed by atoms with Crippen molar-refractivity contribution in [2.45, 2.75) is 64.5 Å². The van der Waals surface area contributed by atoms with E-state index in [9.17, 15) is 9.59 Å². The molecule has 1 aliphatic rings. The highest BCUT2D eigenvalue weighted by molar-refractivity contribution is 5.82. The zero-order valence-electron chi connectivity index (χ0n) is 15.6. The van der Waals surface area contributed by atoms with Crippen LogP contribution in [0.25, 0.3) is 16.7 Å². The molecule has 0 radical (unpaired) electrons. The number of para-hydroxylation sites is 2. The summed E-state index contributed by atoms with van der Waals surface area (Å²) in [5.41, 5.74) is 1.59. The fourth-order valence-corrected chi connectivity index (χ4v) is 4.03. The molecule has 4 rings (SSSR count). The number of hydrogen-bond donors (Lipinski definition) is 1. The molecule has 2 aromatic heterocycles. The van der Waals surface area contributed by atoms with Gasteiger partial charge >= 0.3 is 0 Å². The molecular weight excluding hydrogens is 342 g/mol. The van der Waals surface area contributed by atoms with Gasteiger partial charge in [-0.05, 0) is 31.4 Å². The summed E-state index contributed by atoms with van der Waals surface area (Å²) in [6.07, 6.45) is 7.24. The van der Waals surface area contributed by atoms with E-state index in [-0.39, 0.29) is 29.7 Å². The van der Waals surface area contributed by atoms with Crippen molar-refractivity contribution < 1.29 is 4.79 Å². The van der Waals surface area contributed by atoms with Crippen LogP contribution in [0, 0.1) is 0 Å². The quantitative estimate of drug-likeness (QED) is 0.751. The maximum atomic E-state index is 13.0. The Morgan fingerprint density at radius 3 is 2.63 bits per heavy atom. The molecule has 7 heteroatoms. The Kier molecular flexibility index (Phi) is 4.92. The lowest BCUT2D eigenvalue weighted by molar-refractivity contribution is -0.122. The maximum Gasteiger partial charge on any atom is 0.297 e. The van der Waals surface area contributed by atoms with Gasteiger partial charge in [-0.25, -0.2) is 0 Å². The minimum absolute atomic E-state index is 0.00230. The number of nitrogens with one attached hydrogen (secondary N) is 1. The van der Waals surface area contributed by atoms with Gasteiger partial charge in [-0.2, -0.15) is 0 Å². The second-order valence-corrected chi connectivity index (χ2v) is 7.31. The van der Waals surface area contributed by atoms with Gasteiger partial charge in [-0.3, -0.25) is 18.6 Å². The monoisotopic (exact) mass is 367 g/mol. The van der Waals surface area contributed by atoms with E-state index in [1.165, 1.54) is 11.0 Å². The highest BCUT2D eigenvalue weighted by Crippen LogP contribution is 2.18. The second-order valence-electron chi connectivity index (χ2n) is 7.31. The first-order chi connectivity index (χ1) is 13.2. The van der Waals surface area contributed by atoms with Crippen molar-refractivity contribution in [3.05, 3.63) is 40.4 Å². The van der Waals surface area contributed by atoms with Crippen molar-refractivity contribution >= 4 is 22.6 Å². The number of aryl methyl sites for hydroxylation is 1. The Hall–Kier alpha value is -2.70. The van der Waals surface area contributed by atoms with Crippen LogP contribution in [0.4, 0.5) is 0 Å². The smallest absolute Gasteiger partial charge is 0.297 e. The third-order valence-electron chi connectivity index (χ3n) is 5.33. The molecule has 0 saturated heterocycles. The largest absolute Gasteiger partial charge is 0.352 e. The third kappa shape index (κ3) is 3.34. The van der Waals surface area contributed by atoms with E-state index < -0.39 is 0 Å². The first-order valence-electron chi connectivity index (χ1n) is 9.84. The van der Waals surface area contributed by atoms with E-state index in [2.05, 4.69) is 22.4 Å². The summed E-state index contributed by atoms with van der Waals surface area (Å²) in [6.45, 7) is 2.07. The van der Waals surface area contributed by atoms with Crippen LogP contribution in [0.5, 0.6) is 0 Å². The highest BCUT2D eigenvalue weighted by atomic mass is 16.2. The molecule has 142 valence electrons. The zero-order chi connectivity index (χ0) is 18.8. The van der Waals surface area contributed by atoms with Gasteiger partial charge in [0.05, 0.1) is 11.0 Å². The molecule has 0 atom stereocenters. The molecule has 7 nitrogen and oxygen atoms in total. The van der Waals surface area contributed by atoms with Crippen LogP contribution in [0.2, 0.25) is 0 Å². The van der Waals surface area contributed by atoms with E-state index >= 15 is 0 Å². The summed E-state index contributed by atoms with van der Waals surface area (Å²) < 4.78 is 3.35. The molecule has 3 aromatic rings. The van der Waals surface area contributed by atoms with Crippen molar-refractivity contribution in [3.63, 3.8) is 0 Å². The lowest BCUT2D eigenvalue weighted by Crippen LogP contribution is -2.40. The van der Waals surface area contributed by atoms with E-state index in [1.807, 2.05) is 28.7 Å². The first-order valence-corrected chi connectivity index (χ1v) is 9.84. The topological polar surface area (TPSA) is 81.3 Å². The third-order valence-corrected chi connectivity index (χ3v) is 5.33. The van der Waals surface area contributed by atoms with Crippen LogP contribution in [0.3, 0.4) is 0 Å². The van der Waals surface area contributed by atoms with Gasteiger partial charge in [0.2, 0.25) is 11.6 Å². The van der Waals surface area contributed by atoms with Crippen molar-refractivity contribution in [1.29, 1.82) is 0 Å². The van der Waals surface area contributed by atoms with Crippen LogP contribution < -0.4 is 10.9 Å². The normalized spacial score (nSPS) is 15.4. The van der Waals surface area contributed by atoms with Gasteiger partial charge in [-0.1, -0.05) is 38.3 Å². The molecule has 0 aliphatic heterocycles. The molecule has 0 unspecified atom stereocenters. The van der Waals surface area contributed by atoms with Gasteiger partial charge in [0, 0.05) is 12.5 Å². The average molecular weight is 367 g/mol. The summed E-state index contributed by atoms with van der Waals surface area (Å²) in [7, 11) is 0. The summed E-state index contributed by atoms with van der Waals surface area (Å²) in [5.74, 6) is 0.659. The van der Waals surface area contributed by atoms with E-state index in [1.54, 1.807) is 0 Å². The van der Waals surface area contributed by atoms with Crippen molar-refractivity contribution in [2.75, 3.05) is 0 Å². The summed E-state index contributed by atoms with van der Waals surface area (Å²) in [4.78, 5) is 25.7. The molecule has 1 fully saturated rings. The highest BCUT2D eigenvalue weighted by Gasteiger charge is 2.20. The second kappa shape index (κ2) is 7.50.